The molecule has 1 aromatic carbocycles. The van der Waals surface area contributed by atoms with E-state index in [1.807, 2.05) is 26.8 Å². The van der Waals surface area contributed by atoms with Crippen LogP contribution in [-0.4, -0.2) is 23.9 Å². The van der Waals surface area contributed by atoms with Gasteiger partial charge in [-0.25, -0.2) is 9.18 Å². The fraction of sp³-hybridized carbons (Fsp3) is 0.357. The van der Waals surface area contributed by atoms with Gasteiger partial charge in [-0.2, -0.15) is 0 Å². The second-order valence-electron chi connectivity index (χ2n) is 3.83. The second kappa shape index (κ2) is 6.70. The first-order valence-corrected chi connectivity index (χ1v) is 6.80. The molecule has 0 aromatic heterocycles. The largest absolute Gasteiger partial charge is 0.481 e. The highest BCUT2D eigenvalue weighted by Gasteiger charge is 2.28. The van der Waals surface area contributed by atoms with Gasteiger partial charge in [0.25, 0.3) is 0 Å². The van der Waals surface area contributed by atoms with E-state index in [0.717, 1.165) is 5.56 Å². The highest BCUT2D eigenvalue weighted by Crippen LogP contribution is 2.37. The lowest BCUT2D eigenvalue weighted by Gasteiger charge is -2.24. The van der Waals surface area contributed by atoms with Crippen LogP contribution in [-0.2, 0) is 4.79 Å². The molecule has 0 spiro atoms. The summed E-state index contributed by atoms with van der Waals surface area (Å²) in [5.74, 6) is -0.667. The summed E-state index contributed by atoms with van der Waals surface area (Å²) in [5, 5.41) is 8.98. The summed E-state index contributed by atoms with van der Waals surface area (Å²) in [6.07, 6.45) is 0.419. The number of hydrogen-bond donors (Lipinski definition) is 1. The van der Waals surface area contributed by atoms with Gasteiger partial charge in [-0.15, -0.1) is 0 Å². The Morgan fingerprint density at radius 2 is 2.11 bits per heavy atom. The predicted octanol–water partition coefficient (Wildman–Crippen LogP) is 3.98. The summed E-state index contributed by atoms with van der Waals surface area (Å²) in [7, 11) is 0. The van der Waals surface area contributed by atoms with Gasteiger partial charge in [0.2, 0.25) is 0 Å². The van der Waals surface area contributed by atoms with Gasteiger partial charge in [-0.05, 0) is 46.6 Å². The van der Waals surface area contributed by atoms with Gasteiger partial charge >= 0.3 is 5.97 Å². The monoisotopic (exact) mass is 330 g/mol. The van der Waals surface area contributed by atoms with E-state index in [9.17, 15) is 9.18 Å². The summed E-state index contributed by atoms with van der Waals surface area (Å²) in [6, 6.07) is 3.64. The number of carboxylic acid groups (broad SMARTS) is 1. The number of aryl methyl sites for hydroxylation is 1. The van der Waals surface area contributed by atoms with E-state index in [4.69, 9.17) is 9.84 Å². The molecule has 3 nitrogen and oxygen atoms in total. The SMILES string of the molecule is CC.Cc1cc(Br)c2c(c1)C=C(C(=O)O)C(CF)O2. The van der Waals surface area contributed by atoms with Crippen molar-refractivity contribution >= 4 is 28.0 Å². The molecule has 1 aliphatic heterocycles. The number of ether oxygens (including phenoxy) is 1. The minimum Gasteiger partial charge on any atom is -0.481 e. The molecule has 5 heteroatoms. The molecular formula is C14H16BrFO3. The molecule has 104 valence electrons. The fourth-order valence-electron chi connectivity index (χ4n) is 1.77. The Labute approximate surface area is 120 Å². The zero-order valence-electron chi connectivity index (χ0n) is 11.0. The number of alkyl halides is 1. The number of carbonyl (C=O) groups is 1. The molecule has 1 aromatic rings. The van der Waals surface area contributed by atoms with Crippen LogP contribution in [0.5, 0.6) is 5.75 Å². The van der Waals surface area contributed by atoms with Crippen LogP contribution in [0.4, 0.5) is 4.39 Å². The minimum absolute atomic E-state index is 0.0579. The molecule has 19 heavy (non-hydrogen) atoms. The lowest BCUT2D eigenvalue weighted by Crippen LogP contribution is -2.29. The van der Waals surface area contributed by atoms with Gasteiger partial charge in [0.1, 0.15) is 12.4 Å². The van der Waals surface area contributed by atoms with E-state index in [1.54, 1.807) is 6.07 Å². The van der Waals surface area contributed by atoms with E-state index in [-0.39, 0.29) is 5.57 Å². The van der Waals surface area contributed by atoms with E-state index >= 15 is 0 Å². The standard InChI is InChI=1S/C12H10BrFO3.C2H6/c1-6-2-7-4-8(12(15)16)10(5-14)17-11(7)9(13)3-6;1-2/h2-4,10H,5H2,1H3,(H,15,16);1-2H3. The van der Waals surface area contributed by atoms with E-state index in [0.29, 0.717) is 15.8 Å². The Morgan fingerprint density at radius 1 is 1.47 bits per heavy atom. The van der Waals surface area contributed by atoms with Crippen molar-refractivity contribution in [3.63, 3.8) is 0 Å². The molecule has 2 rings (SSSR count). The van der Waals surface area contributed by atoms with Crippen LogP contribution in [0.15, 0.2) is 22.2 Å². The third kappa shape index (κ3) is 3.35. The van der Waals surface area contributed by atoms with Crippen LogP contribution in [0.25, 0.3) is 6.08 Å². The van der Waals surface area contributed by atoms with Gasteiger partial charge in [0.05, 0.1) is 10.0 Å². The molecule has 0 fully saturated rings. The Bertz CT molecular complexity index is 512. The van der Waals surface area contributed by atoms with E-state index < -0.39 is 18.7 Å². The highest BCUT2D eigenvalue weighted by atomic mass is 79.9. The Morgan fingerprint density at radius 3 is 2.63 bits per heavy atom. The van der Waals surface area contributed by atoms with Crippen molar-refractivity contribution in [2.75, 3.05) is 6.67 Å². The molecule has 1 aliphatic rings. The van der Waals surface area contributed by atoms with Gasteiger partial charge in [0.15, 0.2) is 6.10 Å². The van der Waals surface area contributed by atoms with Crippen molar-refractivity contribution in [3.05, 3.63) is 33.3 Å². The third-order valence-corrected chi connectivity index (χ3v) is 3.11. The Balaban J connectivity index is 0.000000861. The summed E-state index contributed by atoms with van der Waals surface area (Å²) in [5.41, 5.74) is 1.57. The maximum Gasteiger partial charge on any atom is 0.335 e. The number of fused-ring (bicyclic) bond motifs is 1. The highest BCUT2D eigenvalue weighted by molar-refractivity contribution is 9.10. The van der Waals surface area contributed by atoms with Crippen LogP contribution in [0.1, 0.15) is 25.0 Å². The maximum absolute atomic E-state index is 12.7. The number of aliphatic carboxylic acids is 1. The first-order chi connectivity index (χ1) is 9.02. The van der Waals surface area contributed by atoms with Crippen LogP contribution in [0.3, 0.4) is 0 Å². The zero-order chi connectivity index (χ0) is 14.6. The summed E-state index contributed by atoms with van der Waals surface area (Å²) in [4.78, 5) is 11.0. The van der Waals surface area contributed by atoms with Crippen molar-refractivity contribution in [1.29, 1.82) is 0 Å². The molecule has 0 aliphatic carbocycles. The number of hydrogen-bond acceptors (Lipinski definition) is 2. The summed E-state index contributed by atoms with van der Waals surface area (Å²) >= 11 is 3.32. The minimum atomic E-state index is -1.16. The molecule has 1 heterocycles. The number of carboxylic acids is 1. The quantitative estimate of drug-likeness (QED) is 0.892. The van der Waals surface area contributed by atoms with Crippen molar-refractivity contribution < 1.29 is 19.0 Å². The molecule has 0 saturated carbocycles. The van der Waals surface area contributed by atoms with Gasteiger partial charge in [-0.1, -0.05) is 13.8 Å². The Kier molecular flexibility index (Phi) is 5.54. The first kappa shape index (κ1) is 15.7. The van der Waals surface area contributed by atoms with Crippen molar-refractivity contribution in [3.8, 4) is 5.75 Å². The molecule has 0 amide bonds. The second-order valence-corrected chi connectivity index (χ2v) is 4.69. The van der Waals surface area contributed by atoms with Crippen LogP contribution in [0.2, 0.25) is 0 Å². The van der Waals surface area contributed by atoms with Crippen molar-refractivity contribution in [1.82, 2.24) is 0 Å². The zero-order valence-corrected chi connectivity index (χ0v) is 12.6. The third-order valence-electron chi connectivity index (χ3n) is 2.52. The molecule has 1 N–H and O–H groups in total. The lowest BCUT2D eigenvalue weighted by molar-refractivity contribution is -0.133. The van der Waals surface area contributed by atoms with Crippen LogP contribution >= 0.6 is 15.9 Å². The maximum atomic E-state index is 12.7. The topological polar surface area (TPSA) is 46.5 Å². The molecule has 1 atom stereocenters. The normalized spacial score (nSPS) is 16.5. The van der Waals surface area contributed by atoms with Crippen molar-refractivity contribution in [2.45, 2.75) is 26.9 Å². The molecule has 0 saturated heterocycles. The van der Waals surface area contributed by atoms with Crippen LogP contribution in [0, 0.1) is 6.92 Å². The number of rotatable bonds is 2. The molecule has 1 unspecified atom stereocenters. The molecule has 0 radical (unpaired) electrons. The molecule has 0 bridgehead atoms. The average Bonchev–Trinajstić information content (AvgIpc) is 2.39. The first-order valence-electron chi connectivity index (χ1n) is 6.00. The summed E-state index contributed by atoms with van der Waals surface area (Å²) < 4.78 is 18.8. The summed E-state index contributed by atoms with van der Waals surface area (Å²) in [6.45, 7) is 5.03. The van der Waals surface area contributed by atoms with Crippen LogP contribution < -0.4 is 4.74 Å². The van der Waals surface area contributed by atoms with E-state index in [1.165, 1.54) is 6.08 Å². The fourth-order valence-corrected chi connectivity index (χ4v) is 2.45. The molecular weight excluding hydrogens is 315 g/mol. The Hall–Kier alpha value is -1.36. The smallest absolute Gasteiger partial charge is 0.335 e. The average molecular weight is 331 g/mol. The number of benzene rings is 1. The van der Waals surface area contributed by atoms with Gasteiger partial charge in [0, 0.05) is 5.56 Å². The predicted molar refractivity (Wildman–Crippen MR) is 76.2 cm³/mol. The van der Waals surface area contributed by atoms with Gasteiger partial charge in [-0.3, -0.25) is 0 Å². The van der Waals surface area contributed by atoms with Gasteiger partial charge < -0.3 is 9.84 Å². The van der Waals surface area contributed by atoms with Crippen molar-refractivity contribution in [2.24, 2.45) is 0 Å². The lowest BCUT2D eigenvalue weighted by atomic mass is 10.0. The van der Waals surface area contributed by atoms with E-state index in [2.05, 4.69) is 15.9 Å². The number of halogens is 2.